The number of hydrogen-bond acceptors (Lipinski definition) is 4. The van der Waals surface area contributed by atoms with Crippen LogP contribution in [0.5, 0.6) is 0 Å². The van der Waals surface area contributed by atoms with Crippen molar-refractivity contribution in [3.63, 3.8) is 0 Å². The number of H-pyrrole nitrogens is 1. The molecule has 2 aromatic heterocycles. The van der Waals surface area contributed by atoms with E-state index in [0.717, 1.165) is 0 Å². The predicted molar refractivity (Wildman–Crippen MR) is 84.6 cm³/mol. The quantitative estimate of drug-likeness (QED) is 0.292. The first kappa shape index (κ1) is 16.0. The molecule has 2 rings (SSSR count). The van der Waals surface area contributed by atoms with Gasteiger partial charge in [0.2, 0.25) is 0 Å². The second kappa shape index (κ2) is 7.03. The third-order valence-corrected chi connectivity index (χ3v) is 3.02. The smallest absolute Gasteiger partial charge is 0.300 e. The van der Waals surface area contributed by atoms with E-state index in [0.29, 0.717) is 12.2 Å². The number of nitrogens with zero attached hydrogens (tertiary/aromatic N) is 6. The summed E-state index contributed by atoms with van der Waals surface area (Å²) in [5.74, 6) is 11.6. The van der Waals surface area contributed by atoms with Crippen molar-refractivity contribution in [1.82, 2.24) is 19.1 Å². The van der Waals surface area contributed by atoms with Gasteiger partial charge in [0, 0.05) is 24.9 Å². The van der Waals surface area contributed by atoms with Crippen LogP contribution in [0.1, 0.15) is 19.2 Å². The summed E-state index contributed by atoms with van der Waals surface area (Å²) >= 11 is 0. The van der Waals surface area contributed by atoms with Gasteiger partial charge in [-0.15, -0.1) is 5.92 Å². The van der Waals surface area contributed by atoms with Gasteiger partial charge in [-0.3, -0.25) is 18.9 Å². The molecule has 0 aliphatic heterocycles. The molecule has 2 aromatic rings. The van der Waals surface area contributed by atoms with Crippen molar-refractivity contribution in [1.29, 1.82) is 0 Å². The summed E-state index contributed by atoms with van der Waals surface area (Å²) in [6.07, 6.45) is 0.363. The van der Waals surface area contributed by atoms with Crippen molar-refractivity contribution in [2.24, 2.45) is 12.2 Å². The van der Waals surface area contributed by atoms with Crippen molar-refractivity contribution in [2.75, 3.05) is 6.54 Å². The predicted octanol–water partition coefficient (Wildman–Crippen LogP) is 0.498. The van der Waals surface area contributed by atoms with Crippen molar-refractivity contribution < 1.29 is 0 Å². The van der Waals surface area contributed by atoms with Crippen LogP contribution in [0.15, 0.2) is 14.7 Å². The zero-order chi connectivity index (χ0) is 16.8. The summed E-state index contributed by atoms with van der Waals surface area (Å²) in [6.45, 7) is 2.16. The number of hydrogen-bond donors (Lipinski definition) is 1. The van der Waals surface area contributed by atoms with Gasteiger partial charge in [0.15, 0.2) is 17.0 Å². The van der Waals surface area contributed by atoms with Gasteiger partial charge in [0.25, 0.3) is 5.56 Å². The Balaban J connectivity index is 2.62. The van der Waals surface area contributed by atoms with Crippen molar-refractivity contribution in [3.8, 4) is 23.7 Å². The molecule has 0 saturated carbocycles. The molecule has 0 spiro atoms. The van der Waals surface area contributed by atoms with Crippen LogP contribution in [0.25, 0.3) is 21.6 Å². The molecule has 0 aliphatic rings. The van der Waals surface area contributed by atoms with Crippen LogP contribution < -0.4 is 11.2 Å². The lowest BCUT2D eigenvalue weighted by Crippen LogP contribution is -2.29. The van der Waals surface area contributed by atoms with Crippen LogP contribution in [-0.4, -0.2) is 25.6 Å². The molecule has 0 amide bonds. The summed E-state index contributed by atoms with van der Waals surface area (Å²) in [6, 6.07) is 0. The number of rotatable bonds is 3. The van der Waals surface area contributed by atoms with E-state index in [-0.39, 0.29) is 24.3 Å². The molecule has 0 aromatic carbocycles. The number of nitrogens with one attached hydrogen (secondary N) is 1. The maximum atomic E-state index is 12.1. The molecular weight excluding hydrogens is 298 g/mol. The van der Waals surface area contributed by atoms with Crippen molar-refractivity contribution in [3.05, 3.63) is 37.1 Å². The van der Waals surface area contributed by atoms with E-state index in [9.17, 15) is 9.59 Å². The van der Waals surface area contributed by atoms with Gasteiger partial charge in [-0.1, -0.05) is 17.0 Å². The first-order chi connectivity index (χ1) is 11.1. The van der Waals surface area contributed by atoms with Gasteiger partial charge in [-0.2, -0.15) is 0 Å². The summed E-state index contributed by atoms with van der Waals surface area (Å²) in [5.41, 5.74) is 7.63. The Hall–Kier alpha value is -3.42. The third-order valence-electron chi connectivity index (χ3n) is 3.02. The highest BCUT2D eigenvalue weighted by atomic mass is 16.2. The van der Waals surface area contributed by atoms with E-state index in [2.05, 4.69) is 43.7 Å². The highest BCUT2D eigenvalue weighted by molar-refractivity contribution is 5.72. The van der Waals surface area contributed by atoms with E-state index in [4.69, 9.17) is 5.53 Å². The Morgan fingerprint density at radius 3 is 2.87 bits per heavy atom. The lowest BCUT2D eigenvalue weighted by Gasteiger charge is -2.00. The molecule has 0 fully saturated rings. The monoisotopic (exact) mass is 311 g/mol. The maximum absolute atomic E-state index is 12.1. The number of aromatic amines is 1. The van der Waals surface area contributed by atoms with Gasteiger partial charge in [0.05, 0.1) is 6.54 Å². The largest absolute Gasteiger partial charge is 0.329 e. The third kappa shape index (κ3) is 3.26. The van der Waals surface area contributed by atoms with Crippen LogP contribution in [0, 0.1) is 23.7 Å². The number of fused-ring (bicyclic) bond motifs is 1. The lowest BCUT2D eigenvalue weighted by atomic mass is 10.4. The Morgan fingerprint density at radius 1 is 1.39 bits per heavy atom. The fourth-order valence-electron chi connectivity index (χ4n) is 1.93. The van der Waals surface area contributed by atoms with Crippen LogP contribution in [0.3, 0.4) is 0 Å². The molecule has 0 unspecified atom stereocenters. The number of aromatic nitrogens is 4. The molecule has 0 atom stereocenters. The molecule has 23 heavy (non-hydrogen) atoms. The second-order valence-corrected chi connectivity index (χ2v) is 4.45. The van der Waals surface area contributed by atoms with Crippen LogP contribution in [0.4, 0.5) is 0 Å². The lowest BCUT2D eigenvalue weighted by molar-refractivity contribution is 0.821. The summed E-state index contributed by atoms with van der Waals surface area (Å²) in [5, 5.41) is 3.39. The molecule has 0 saturated heterocycles. The average Bonchev–Trinajstić information content (AvgIpc) is 2.89. The van der Waals surface area contributed by atoms with E-state index in [1.54, 1.807) is 11.5 Å². The van der Waals surface area contributed by atoms with Gasteiger partial charge in [-0.05, 0) is 18.4 Å². The molecular formula is C14H13N7O2. The van der Waals surface area contributed by atoms with Crippen molar-refractivity contribution in [2.45, 2.75) is 19.9 Å². The van der Waals surface area contributed by atoms with Crippen LogP contribution in [0.2, 0.25) is 0 Å². The minimum absolute atomic E-state index is 0.231. The highest BCUT2D eigenvalue weighted by Gasteiger charge is 2.15. The van der Waals surface area contributed by atoms with Gasteiger partial charge < -0.3 is 0 Å². The number of azide groups is 1. The first-order valence-electron chi connectivity index (χ1n) is 6.69. The summed E-state index contributed by atoms with van der Waals surface area (Å²) < 4.78 is 2.81. The standard InChI is InChI=1S/C14H13N7O2/c1-3-4-9-21-10(7-5-6-8-16-19-15)17-12-11(21)13(22)18-14(23)20(12)2/h6,8-9H2,1-2H3,(H,18,22,23). The number of imidazole rings is 1. The highest BCUT2D eigenvalue weighted by Crippen LogP contribution is 2.09. The summed E-state index contributed by atoms with van der Waals surface area (Å²) in [4.78, 5) is 32.9. The van der Waals surface area contributed by atoms with Crippen LogP contribution in [-0.2, 0) is 13.6 Å². The first-order valence-corrected chi connectivity index (χ1v) is 6.69. The fraction of sp³-hybridized carbons (Fsp3) is 0.357. The Morgan fingerprint density at radius 2 is 2.17 bits per heavy atom. The van der Waals surface area contributed by atoms with E-state index < -0.39 is 11.2 Å². The Labute approximate surface area is 130 Å². The minimum atomic E-state index is -0.545. The molecule has 9 heteroatoms. The van der Waals surface area contributed by atoms with Crippen molar-refractivity contribution >= 4 is 11.2 Å². The second-order valence-electron chi connectivity index (χ2n) is 4.45. The normalized spacial score (nSPS) is 9.48. The Bertz CT molecular complexity index is 1030. The minimum Gasteiger partial charge on any atom is -0.300 e. The number of aryl methyl sites for hydroxylation is 1. The van der Waals surface area contributed by atoms with Gasteiger partial charge in [-0.25, -0.2) is 9.78 Å². The van der Waals surface area contributed by atoms with Gasteiger partial charge in [0.1, 0.15) is 0 Å². The molecule has 0 aliphatic carbocycles. The van der Waals surface area contributed by atoms with E-state index >= 15 is 0 Å². The Kier molecular flexibility index (Phi) is 4.88. The van der Waals surface area contributed by atoms with Gasteiger partial charge >= 0.3 is 5.69 Å². The van der Waals surface area contributed by atoms with E-state index in [1.807, 2.05) is 0 Å². The van der Waals surface area contributed by atoms with Crippen LogP contribution >= 0.6 is 0 Å². The average molecular weight is 311 g/mol. The fourth-order valence-corrected chi connectivity index (χ4v) is 1.93. The molecule has 0 radical (unpaired) electrons. The van der Waals surface area contributed by atoms with E-state index in [1.165, 1.54) is 11.6 Å². The maximum Gasteiger partial charge on any atom is 0.329 e. The zero-order valence-corrected chi connectivity index (χ0v) is 12.6. The SMILES string of the molecule is CC#CCn1c(C#CCCN=[N+]=[N-])nc2c1c(=O)[nH]c(=O)n2C. The molecule has 0 bridgehead atoms. The zero-order valence-electron chi connectivity index (χ0n) is 12.6. The molecule has 116 valence electrons. The molecule has 9 nitrogen and oxygen atoms in total. The molecule has 2 heterocycles. The topological polar surface area (TPSA) is 121 Å². The molecule has 1 N–H and O–H groups in total. The summed E-state index contributed by atoms with van der Waals surface area (Å²) in [7, 11) is 1.52.